The first kappa shape index (κ1) is 31.6. The summed E-state index contributed by atoms with van der Waals surface area (Å²) in [5.41, 5.74) is -2.32. The lowest BCUT2D eigenvalue weighted by Gasteiger charge is -2.32. The molecule has 15 heteroatoms. The Hall–Kier alpha value is -2.38. The number of aromatic nitrogens is 3. The molecule has 4 heterocycles. The fourth-order valence-corrected chi connectivity index (χ4v) is 7.73. The molecule has 2 fully saturated rings. The standard InChI is InChI=1S/C26H36F3N7O3S2/c1-25(2,37)14-22-31-17-21(40-22)23-20(26(27,28)29)16-32-24(34-23)33-19-6-11-36(12-7-19)41(38,39)13-3-8-35-9-4-18(15-30)5-10-35/h16-19,37H,3-14H2,1-2H3,(H,32,33,34). The molecule has 2 aromatic rings. The molecule has 0 amide bonds. The maximum Gasteiger partial charge on any atom is 0.420 e. The average molecular weight is 616 g/mol. The third kappa shape index (κ3) is 8.81. The van der Waals surface area contributed by atoms with Crippen LogP contribution in [0.5, 0.6) is 0 Å². The quantitative estimate of drug-likeness (QED) is 0.410. The molecule has 4 rings (SSSR count). The Morgan fingerprint density at radius 1 is 1.12 bits per heavy atom. The molecule has 0 atom stereocenters. The molecule has 226 valence electrons. The zero-order valence-corrected chi connectivity index (χ0v) is 24.8. The molecule has 0 spiro atoms. The van der Waals surface area contributed by atoms with Crippen LogP contribution in [0.25, 0.3) is 10.6 Å². The van der Waals surface area contributed by atoms with Gasteiger partial charge in [-0.15, -0.1) is 11.3 Å². The maximum atomic E-state index is 13.7. The van der Waals surface area contributed by atoms with Gasteiger partial charge in [-0.1, -0.05) is 0 Å². The van der Waals surface area contributed by atoms with E-state index < -0.39 is 27.4 Å². The Kier molecular flexibility index (Phi) is 9.90. The van der Waals surface area contributed by atoms with E-state index in [0.29, 0.717) is 43.9 Å². The van der Waals surface area contributed by atoms with Gasteiger partial charge in [-0.2, -0.15) is 18.4 Å². The van der Waals surface area contributed by atoms with E-state index >= 15 is 0 Å². The second-order valence-electron chi connectivity index (χ2n) is 11.3. The van der Waals surface area contributed by atoms with Crippen molar-refractivity contribution in [2.24, 2.45) is 5.92 Å². The van der Waals surface area contributed by atoms with Crippen molar-refractivity contribution in [3.63, 3.8) is 0 Å². The Morgan fingerprint density at radius 3 is 2.41 bits per heavy atom. The van der Waals surface area contributed by atoms with Gasteiger partial charge >= 0.3 is 6.18 Å². The molecule has 0 unspecified atom stereocenters. The summed E-state index contributed by atoms with van der Waals surface area (Å²) in [6.45, 7) is 6.11. The second-order valence-corrected chi connectivity index (χ2v) is 14.5. The van der Waals surface area contributed by atoms with Gasteiger partial charge in [0.2, 0.25) is 16.0 Å². The van der Waals surface area contributed by atoms with Gasteiger partial charge in [0.1, 0.15) is 5.56 Å². The number of nitrogens with zero attached hydrogens (tertiary/aromatic N) is 6. The zero-order valence-electron chi connectivity index (χ0n) is 23.2. The predicted molar refractivity (Wildman–Crippen MR) is 150 cm³/mol. The fraction of sp³-hybridized carbons (Fsp3) is 0.692. The molecule has 2 N–H and O–H groups in total. The van der Waals surface area contributed by atoms with Crippen LogP contribution in [0.1, 0.15) is 56.5 Å². The predicted octanol–water partition coefficient (Wildman–Crippen LogP) is 3.76. The fourth-order valence-electron chi connectivity index (χ4n) is 5.06. The summed E-state index contributed by atoms with van der Waals surface area (Å²) in [6, 6.07) is 2.10. The van der Waals surface area contributed by atoms with Crippen LogP contribution >= 0.6 is 11.3 Å². The first-order valence-corrected chi connectivity index (χ1v) is 16.1. The van der Waals surface area contributed by atoms with Gasteiger partial charge in [0.15, 0.2) is 0 Å². The lowest BCUT2D eigenvalue weighted by atomic mass is 9.99. The van der Waals surface area contributed by atoms with E-state index in [-0.39, 0.29) is 40.7 Å². The highest BCUT2D eigenvalue weighted by Gasteiger charge is 2.36. The van der Waals surface area contributed by atoms with Crippen molar-refractivity contribution >= 4 is 27.3 Å². The van der Waals surface area contributed by atoms with E-state index in [9.17, 15) is 26.7 Å². The number of rotatable bonds is 10. The van der Waals surface area contributed by atoms with Crippen molar-refractivity contribution in [2.75, 3.05) is 43.8 Å². The van der Waals surface area contributed by atoms with Crippen LogP contribution in [0, 0.1) is 17.2 Å². The molecular formula is C26H36F3N7O3S2. The average Bonchev–Trinajstić information content (AvgIpc) is 3.35. The van der Waals surface area contributed by atoms with Crippen LogP contribution in [-0.2, 0) is 22.6 Å². The van der Waals surface area contributed by atoms with Crippen molar-refractivity contribution in [3.05, 3.63) is 23.0 Å². The van der Waals surface area contributed by atoms with Gasteiger partial charge in [-0.05, 0) is 65.6 Å². The number of likely N-dealkylation sites (tertiary alicyclic amines) is 1. The first-order chi connectivity index (χ1) is 19.2. The molecule has 0 bridgehead atoms. The number of anilines is 1. The van der Waals surface area contributed by atoms with Crippen molar-refractivity contribution in [1.82, 2.24) is 24.2 Å². The van der Waals surface area contributed by atoms with Gasteiger partial charge in [-0.25, -0.2) is 27.7 Å². The first-order valence-electron chi connectivity index (χ1n) is 13.7. The van der Waals surface area contributed by atoms with Crippen molar-refractivity contribution in [2.45, 2.75) is 70.2 Å². The van der Waals surface area contributed by atoms with Crippen LogP contribution in [-0.4, -0.2) is 87.8 Å². The summed E-state index contributed by atoms with van der Waals surface area (Å²) >= 11 is 1.04. The molecule has 2 saturated heterocycles. The lowest BCUT2D eigenvalue weighted by Crippen LogP contribution is -2.44. The monoisotopic (exact) mass is 615 g/mol. The number of sulfonamides is 1. The van der Waals surface area contributed by atoms with Crippen molar-refractivity contribution in [3.8, 4) is 16.6 Å². The van der Waals surface area contributed by atoms with Crippen molar-refractivity contribution < 1.29 is 26.7 Å². The highest BCUT2D eigenvalue weighted by atomic mass is 32.2. The third-order valence-corrected chi connectivity index (χ3v) is 10.3. The number of aliphatic hydroxyl groups is 1. The Morgan fingerprint density at radius 2 is 1.80 bits per heavy atom. The van der Waals surface area contributed by atoms with E-state index in [0.717, 1.165) is 43.5 Å². The van der Waals surface area contributed by atoms with E-state index in [1.165, 1.54) is 10.5 Å². The summed E-state index contributed by atoms with van der Waals surface area (Å²) in [5, 5.41) is 22.6. The van der Waals surface area contributed by atoms with Gasteiger partial charge in [0.05, 0.1) is 33.0 Å². The van der Waals surface area contributed by atoms with Crippen LogP contribution in [0.2, 0.25) is 0 Å². The Balaban J connectivity index is 1.33. The second kappa shape index (κ2) is 12.9. The molecule has 0 aromatic carbocycles. The van der Waals surface area contributed by atoms with E-state index in [1.54, 1.807) is 13.8 Å². The topological polar surface area (TPSA) is 135 Å². The van der Waals surface area contributed by atoms with E-state index in [2.05, 4.69) is 31.2 Å². The summed E-state index contributed by atoms with van der Waals surface area (Å²) in [6.07, 6.45) is 0.706. The van der Waals surface area contributed by atoms with E-state index in [1.807, 2.05) is 0 Å². The Bertz CT molecular complexity index is 1320. The smallest absolute Gasteiger partial charge is 0.390 e. The van der Waals surface area contributed by atoms with Gasteiger partial charge in [0, 0.05) is 43.9 Å². The molecule has 2 aliphatic heterocycles. The number of hydrogen-bond donors (Lipinski definition) is 2. The molecule has 10 nitrogen and oxygen atoms in total. The summed E-state index contributed by atoms with van der Waals surface area (Å²) < 4.78 is 68.5. The SMILES string of the molecule is CC(C)(O)Cc1ncc(-c2nc(NC3CCN(S(=O)(=O)CCCN4CCC(C#N)CC4)CC3)ncc2C(F)(F)F)s1. The number of hydrogen-bond acceptors (Lipinski definition) is 10. The minimum Gasteiger partial charge on any atom is -0.390 e. The summed E-state index contributed by atoms with van der Waals surface area (Å²) in [5.74, 6) is 0.181. The Labute approximate surface area is 242 Å². The van der Waals surface area contributed by atoms with Crippen LogP contribution in [0.15, 0.2) is 12.4 Å². The minimum absolute atomic E-state index is 0.0342. The van der Waals surface area contributed by atoms with Crippen LogP contribution in [0.3, 0.4) is 0 Å². The molecule has 0 aliphatic carbocycles. The number of thiazole rings is 1. The van der Waals surface area contributed by atoms with Gasteiger partial charge < -0.3 is 15.3 Å². The van der Waals surface area contributed by atoms with Gasteiger partial charge in [0.25, 0.3) is 0 Å². The highest BCUT2D eigenvalue weighted by Crippen LogP contribution is 2.38. The molecule has 0 saturated carbocycles. The number of nitrogens with one attached hydrogen (secondary N) is 1. The normalized spacial score (nSPS) is 18.9. The van der Waals surface area contributed by atoms with E-state index in [4.69, 9.17) is 5.26 Å². The molecule has 2 aliphatic rings. The van der Waals surface area contributed by atoms with Crippen LogP contribution in [0.4, 0.5) is 19.1 Å². The number of piperidine rings is 2. The minimum atomic E-state index is -4.67. The summed E-state index contributed by atoms with van der Waals surface area (Å²) in [7, 11) is -3.42. The van der Waals surface area contributed by atoms with Crippen molar-refractivity contribution in [1.29, 1.82) is 5.26 Å². The molecular weight excluding hydrogens is 579 g/mol. The molecule has 0 radical (unpaired) electrons. The number of nitriles is 1. The van der Waals surface area contributed by atoms with Gasteiger partial charge in [-0.3, -0.25) is 0 Å². The molecule has 41 heavy (non-hydrogen) atoms. The maximum absolute atomic E-state index is 13.7. The highest BCUT2D eigenvalue weighted by molar-refractivity contribution is 7.89. The van der Waals surface area contributed by atoms with Crippen LogP contribution < -0.4 is 5.32 Å². The number of halogens is 3. The molecule has 2 aromatic heterocycles. The third-order valence-electron chi connectivity index (χ3n) is 7.29. The summed E-state index contributed by atoms with van der Waals surface area (Å²) in [4.78, 5) is 14.7. The lowest BCUT2D eigenvalue weighted by molar-refractivity contribution is -0.137. The largest absolute Gasteiger partial charge is 0.420 e. The number of alkyl halides is 3. The zero-order chi connectivity index (χ0) is 29.8.